The van der Waals surface area contributed by atoms with Crippen molar-refractivity contribution in [3.8, 4) is 23.0 Å². The van der Waals surface area contributed by atoms with E-state index in [2.05, 4.69) is 10.2 Å². The Morgan fingerprint density at radius 3 is 2.44 bits per heavy atom. The van der Waals surface area contributed by atoms with Crippen LogP contribution in [0.4, 0.5) is 11.4 Å². The summed E-state index contributed by atoms with van der Waals surface area (Å²) in [5, 5.41) is 29.2. The van der Waals surface area contributed by atoms with E-state index in [0.29, 0.717) is 54.6 Å². The first-order valence-corrected chi connectivity index (χ1v) is 11.5. The molecule has 2 aromatic carbocycles. The van der Waals surface area contributed by atoms with Crippen molar-refractivity contribution >= 4 is 35.2 Å². The van der Waals surface area contributed by atoms with E-state index in [9.17, 15) is 20.0 Å². The third-order valence-electron chi connectivity index (χ3n) is 5.27. The van der Waals surface area contributed by atoms with Gasteiger partial charge in [0.25, 0.3) is 10.9 Å². The van der Waals surface area contributed by atoms with Gasteiger partial charge in [-0.15, -0.1) is 10.2 Å². The second-order valence-corrected chi connectivity index (χ2v) is 8.48. The fourth-order valence-corrected chi connectivity index (χ4v) is 4.20. The van der Waals surface area contributed by atoms with E-state index in [1.54, 1.807) is 24.3 Å². The molecule has 0 atom stereocenters. The van der Waals surface area contributed by atoms with Crippen LogP contribution >= 0.6 is 11.8 Å². The summed E-state index contributed by atoms with van der Waals surface area (Å²) in [5.41, 5.74) is 1.42. The van der Waals surface area contributed by atoms with Crippen LogP contribution in [0.5, 0.6) is 11.5 Å². The average molecular weight is 515 g/mol. The molecular weight excluding hydrogens is 492 g/mol. The molecule has 1 aromatic heterocycles. The number of methoxy groups -OCH3 is 2. The number of thioether (sulfide) groups is 1. The van der Waals surface area contributed by atoms with Gasteiger partial charge in [-0.2, -0.15) is 0 Å². The van der Waals surface area contributed by atoms with Gasteiger partial charge in [-0.05, 0) is 36.0 Å². The second-order valence-electron chi connectivity index (χ2n) is 7.49. The van der Waals surface area contributed by atoms with Crippen LogP contribution in [-0.4, -0.2) is 66.7 Å². The summed E-state index contributed by atoms with van der Waals surface area (Å²) in [4.78, 5) is 24.8. The number of hydrogen-bond donors (Lipinski definition) is 1. The van der Waals surface area contributed by atoms with Crippen molar-refractivity contribution in [1.82, 2.24) is 10.2 Å². The van der Waals surface area contributed by atoms with Gasteiger partial charge >= 0.3 is 5.97 Å². The number of carbonyl (C=O) groups is 1. The minimum Gasteiger partial charge on any atom is -0.497 e. The summed E-state index contributed by atoms with van der Waals surface area (Å²) in [6.45, 7) is 2.15. The number of nitro benzene ring substituents is 1. The number of nitrogens with zero attached hydrogens (tertiary/aromatic N) is 4. The number of ether oxygens (including phenoxy) is 3. The average Bonchev–Trinajstić information content (AvgIpc) is 3.37. The first kappa shape index (κ1) is 25.0. The minimum absolute atomic E-state index is 0.0150. The number of hydrogen-bond acceptors (Lipinski definition) is 11. The molecule has 12 nitrogen and oxygen atoms in total. The number of morpholine rings is 1. The highest BCUT2D eigenvalue weighted by Crippen LogP contribution is 2.35. The molecule has 3 aromatic rings. The molecule has 1 saturated heterocycles. The van der Waals surface area contributed by atoms with E-state index in [0.717, 1.165) is 11.8 Å². The molecule has 1 aliphatic rings. The standard InChI is InChI=1S/C23H22N4O8S/c1-32-17-10-15(11-18(13-17)33-2)21-24-25-23(35-21)36-20(22(28)29)12-14-9-16(27(30)31)3-4-19(14)26-5-7-34-8-6-26/h3-4,9-13H,5-8H2,1-2H3,(H,28,29)/b20-12-. The van der Waals surface area contributed by atoms with Crippen LogP contribution in [0.1, 0.15) is 5.56 Å². The summed E-state index contributed by atoms with van der Waals surface area (Å²) < 4.78 is 21.6. The van der Waals surface area contributed by atoms with Crippen molar-refractivity contribution in [2.24, 2.45) is 0 Å². The lowest BCUT2D eigenvalue weighted by atomic mass is 10.1. The van der Waals surface area contributed by atoms with Crippen LogP contribution < -0.4 is 14.4 Å². The normalized spacial score (nSPS) is 13.9. The van der Waals surface area contributed by atoms with E-state index < -0.39 is 10.9 Å². The van der Waals surface area contributed by atoms with Crippen LogP contribution in [0.2, 0.25) is 0 Å². The number of nitro groups is 1. The van der Waals surface area contributed by atoms with Crippen LogP contribution in [0.25, 0.3) is 17.5 Å². The summed E-state index contributed by atoms with van der Waals surface area (Å²) in [5.74, 6) is -0.0700. The quantitative estimate of drug-likeness (QED) is 0.192. The van der Waals surface area contributed by atoms with Crippen molar-refractivity contribution in [1.29, 1.82) is 0 Å². The van der Waals surface area contributed by atoms with Gasteiger partial charge in [-0.25, -0.2) is 4.79 Å². The number of carboxylic acids is 1. The van der Waals surface area contributed by atoms with E-state index in [4.69, 9.17) is 18.6 Å². The minimum atomic E-state index is -1.25. The highest BCUT2D eigenvalue weighted by atomic mass is 32.2. The topological polar surface area (TPSA) is 150 Å². The zero-order valence-corrected chi connectivity index (χ0v) is 20.2. The van der Waals surface area contributed by atoms with Gasteiger partial charge in [0, 0.05) is 48.1 Å². The molecule has 0 unspecified atom stereocenters. The van der Waals surface area contributed by atoms with Gasteiger partial charge in [0.15, 0.2) is 0 Å². The van der Waals surface area contributed by atoms with Gasteiger partial charge in [-0.1, -0.05) is 0 Å². The third kappa shape index (κ3) is 5.75. The molecule has 4 rings (SSSR count). The molecule has 2 heterocycles. The Morgan fingerprint density at radius 1 is 1.14 bits per heavy atom. The Bertz CT molecular complexity index is 1280. The highest BCUT2D eigenvalue weighted by molar-refractivity contribution is 8.03. The van der Waals surface area contributed by atoms with E-state index in [1.165, 1.54) is 32.4 Å². The lowest BCUT2D eigenvalue weighted by molar-refractivity contribution is -0.384. The smallest absolute Gasteiger partial charge is 0.342 e. The zero-order valence-electron chi connectivity index (χ0n) is 19.4. The molecule has 0 bridgehead atoms. The maximum Gasteiger partial charge on any atom is 0.342 e. The third-order valence-corrected chi connectivity index (χ3v) is 6.13. The van der Waals surface area contributed by atoms with Crippen molar-refractivity contribution < 1.29 is 33.5 Å². The van der Waals surface area contributed by atoms with Gasteiger partial charge in [0.1, 0.15) is 16.4 Å². The zero-order chi connectivity index (χ0) is 25.7. The molecule has 0 radical (unpaired) electrons. The van der Waals surface area contributed by atoms with Crippen molar-refractivity contribution in [3.63, 3.8) is 0 Å². The molecule has 0 saturated carbocycles. The number of aromatic nitrogens is 2. The molecule has 1 fully saturated rings. The van der Waals surface area contributed by atoms with Crippen molar-refractivity contribution in [3.05, 3.63) is 57.0 Å². The maximum atomic E-state index is 12.1. The Balaban J connectivity index is 1.67. The van der Waals surface area contributed by atoms with Crippen LogP contribution in [-0.2, 0) is 9.53 Å². The lowest BCUT2D eigenvalue weighted by Gasteiger charge is -2.30. The fraction of sp³-hybridized carbons (Fsp3) is 0.261. The first-order chi connectivity index (χ1) is 17.4. The van der Waals surface area contributed by atoms with Crippen LogP contribution in [0.3, 0.4) is 0 Å². The van der Waals surface area contributed by atoms with Gasteiger partial charge in [-0.3, -0.25) is 10.1 Å². The Hall–Kier alpha value is -4.10. The number of non-ortho nitro benzene ring substituents is 1. The maximum absolute atomic E-state index is 12.1. The monoisotopic (exact) mass is 514 g/mol. The number of anilines is 1. The Labute approximate surface area is 209 Å². The summed E-state index contributed by atoms with van der Waals surface area (Å²) in [6.07, 6.45) is 1.36. The Morgan fingerprint density at radius 2 is 1.83 bits per heavy atom. The van der Waals surface area contributed by atoms with Crippen molar-refractivity contribution in [2.45, 2.75) is 5.22 Å². The first-order valence-electron chi connectivity index (χ1n) is 10.7. The predicted octanol–water partition coefficient (Wildman–Crippen LogP) is 3.72. The largest absolute Gasteiger partial charge is 0.497 e. The van der Waals surface area contributed by atoms with Gasteiger partial charge in [0.2, 0.25) is 5.89 Å². The number of rotatable bonds is 9. The number of benzene rings is 2. The van der Waals surface area contributed by atoms with E-state index in [1.807, 2.05) is 4.90 Å². The Kier molecular flexibility index (Phi) is 7.71. The molecule has 36 heavy (non-hydrogen) atoms. The number of aliphatic carboxylic acids is 1. The van der Waals surface area contributed by atoms with Crippen molar-refractivity contribution in [2.75, 3.05) is 45.4 Å². The van der Waals surface area contributed by atoms with Gasteiger partial charge < -0.3 is 28.6 Å². The molecule has 0 amide bonds. The molecule has 0 aliphatic carbocycles. The second kappa shape index (κ2) is 11.1. The van der Waals surface area contributed by atoms with Crippen LogP contribution in [0, 0.1) is 10.1 Å². The summed E-state index contributed by atoms with van der Waals surface area (Å²) in [6, 6.07) is 9.39. The SMILES string of the molecule is COc1cc(OC)cc(-c2nnc(S/C(=C\c3cc([N+](=O)[O-])ccc3N3CCOCC3)C(=O)O)o2)c1. The highest BCUT2D eigenvalue weighted by Gasteiger charge is 2.21. The number of carboxylic acid groups (broad SMARTS) is 1. The fourth-order valence-electron chi connectivity index (χ4n) is 3.53. The molecule has 13 heteroatoms. The molecule has 1 aliphatic heterocycles. The summed E-state index contributed by atoms with van der Waals surface area (Å²) >= 11 is 0.742. The van der Waals surface area contributed by atoms with Crippen LogP contribution in [0.15, 0.2) is 50.9 Å². The molecule has 1 N–H and O–H groups in total. The van der Waals surface area contributed by atoms with Gasteiger partial charge in [0.05, 0.1) is 32.4 Å². The predicted molar refractivity (Wildman–Crippen MR) is 130 cm³/mol. The molecular formula is C23H22N4O8S. The summed E-state index contributed by atoms with van der Waals surface area (Å²) in [7, 11) is 3.02. The molecule has 0 spiro atoms. The molecule has 188 valence electrons. The lowest BCUT2D eigenvalue weighted by Crippen LogP contribution is -2.36. The van der Waals surface area contributed by atoms with E-state index >= 15 is 0 Å². The van der Waals surface area contributed by atoms with E-state index in [-0.39, 0.29) is 21.7 Å².